The first-order valence-corrected chi connectivity index (χ1v) is 9.62. The van der Waals surface area contributed by atoms with Crippen molar-refractivity contribution in [1.29, 1.82) is 0 Å². The number of benzene rings is 2. The summed E-state index contributed by atoms with van der Waals surface area (Å²) in [4.78, 5) is 20.1. The Morgan fingerprint density at radius 2 is 1.68 bits per heavy atom. The molecular weight excluding hydrogens is 405 g/mol. The van der Waals surface area contributed by atoms with Gasteiger partial charge in [-0.15, -0.1) is 0 Å². The third-order valence-corrected chi connectivity index (χ3v) is 4.89. The number of fused-ring (bicyclic) bond motifs is 1. The summed E-state index contributed by atoms with van der Waals surface area (Å²) in [5.74, 6) is -1.25. The predicted molar refractivity (Wildman–Crippen MR) is 110 cm³/mol. The van der Waals surface area contributed by atoms with E-state index < -0.39 is 12.0 Å². The van der Waals surface area contributed by atoms with E-state index in [1.807, 2.05) is 31.2 Å². The number of nitrogens with one attached hydrogen (secondary N) is 1. The van der Waals surface area contributed by atoms with Crippen molar-refractivity contribution in [3.8, 4) is 0 Å². The fraction of sp³-hybridized carbons (Fsp3) is 0.174. The number of imidazole rings is 1. The molecule has 0 unspecified atom stereocenters. The van der Waals surface area contributed by atoms with Gasteiger partial charge >= 0.3 is 6.18 Å². The standard InChI is InChI=1S/C23H19F3N4O/c1-15-4-6-16(7-5-15)13-28-21(31)18-10-8-17(9-11-18)14-30-20-19(3-2-12-27-20)29-22(30)23(24,25)26/h2-12H,13-14H2,1H3,(H,28,31). The first-order valence-electron chi connectivity index (χ1n) is 9.62. The van der Waals surface area contributed by atoms with Gasteiger partial charge < -0.3 is 9.88 Å². The van der Waals surface area contributed by atoms with Gasteiger partial charge in [0.15, 0.2) is 5.65 Å². The van der Waals surface area contributed by atoms with Gasteiger partial charge in [-0.1, -0.05) is 42.0 Å². The van der Waals surface area contributed by atoms with Crippen molar-refractivity contribution in [2.45, 2.75) is 26.2 Å². The molecular formula is C23H19F3N4O. The van der Waals surface area contributed by atoms with E-state index >= 15 is 0 Å². The van der Waals surface area contributed by atoms with Gasteiger partial charge in [-0.2, -0.15) is 13.2 Å². The highest BCUT2D eigenvalue weighted by Crippen LogP contribution is 2.31. The Balaban J connectivity index is 1.50. The number of rotatable bonds is 5. The van der Waals surface area contributed by atoms with Crippen molar-refractivity contribution in [2.24, 2.45) is 0 Å². The number of alkyl halides is 3. The second-order valence-electron chi connectivity index (χ2n) is 7.23. The Bertz CT molecular complexity index is 1210. The molecule has 1 amide bonds. The van der Waals surface area contributed by atoms with Gasteiger partial charge in [0.25, 0.3) is 5.91 Å². The number of carbonyl (C=O) groups excluding carboxylic acids is 1. The molecule has 0 saturated carbocycles. The maximum atomic E-state index is 13.4. The molecule has 1 N–H and O–H groups in total. The summed E-state index contributed by atoms with van der Waals surface area (Å²) in [5.41, 5.74) is 3.50. The summed E-state index contributed by atoms with van der Waals surface area (Å²) in [5, 5.41) is 2.84. The average molecular weight is 424 g/mol. The molecule has 0 aliphatic carbocycles. The molecule has 5 nitrogen and oxygen atoms in total. The van der Waals surface area contributed by atoms with Crippen LogP contribution in [0, 0.1) is 6.92 Å². The lowest BCUT2D eigenvalue weighted by Crippen LogP contribution is -2.22. The second kappa shape index (κ2) is 8.22. The van der Waals surface area contributed by atoms with E-state index in [4.69, 9.17) is 0 Å². The van der Waals surface area contributed by atoms with E-state index in [0.717, 1.165) is 15.7 Å². The van der Waals surface area contributed by atoms with Crippen LogP contribution >= 0.6 is 0 Å². The Labute approximate surface area is 176 Å². The van der Waals surface area contributed by atoms with Crippen LogP contribution in [0.5, 0.6) is 0 Å². The number of aryl methyl sites for hydroxylation is 1. The Morgan fingerprint density at radius 3 is 2.35 bits per heavy atom. The summed E-state index contributed by atoms with van der Waals surface area (Å²) in [6.07, 6.45) is -3.17. The molecule has 2 heterocycles. The van der Waals surface area contributed by atoms with Gasteiger partial charge in [-0.05, 0) is 42.3 Å². The minimum absolute atomic E-state index is 0.0619. The average Bonchev–Trinajstić information content (AvgIpc) is 3.13. The van der Waals surface area contributed by atoms with Crippen molar-refractivity contribution >= 4 is 17.1 Å². The van der Waals surface area contributed by atoms with Crippen LogP contribution in [-0.4, -0.2) is 20.4 Å². The second-order valence-corrected chi connectivity index (χ2v) is 7.23. The quantitative estimate of drug-likeness (QED) is 0.504. The molecule has 0 bridgehead atoms. The maximum Gasteiger partial charge on any atom is 0.449 e. The van der Waals surface area contributed by atoms with Crippen LogP contribution in [0.2, 0.25) is 0 Å². The van der Waals surface area contributed by atoms with Crippen LogP contribution < -0.4 is 5.32 Å². The zero-order valence-corrected chi connectivity index (χ0v) is 16.6. The molecule has 0 aliphatic heterocycles. The number of amides is 1. The number of hydrogen-bond acceptors (Lipinski definition) is 3. The van der Waals surface area contributed by atoms with Gasteiger partial charge in [0.1, 0.15) is 5.52 Å². The van der Waals surface area contributed by atoms with Gasteiger partial charge in [-0.3, -0.25) is 4.79 Å². The molecule has 0 fully saturated rings. The number of carbonyl (C=O) groups is 1. The molecule has 0 atom stereocenters. The van der Waals surface area contributed by atoms with Crippen molar-refractivity contribution < 1.29 is 18.0 Å². The molecule has 0 aliphatic rings. The lowest BCUT2D eigenvalue weighted by Gasteiger charge is -2.11. The summed E-state index contributed by atoms with van der Waals surface area (Å²) in [7, 11) is 0. The van der Waals surface area contributed by atoms with Crippen LogP contribution in [-0.2, 0) is 19.3 Å². The predicted octanol–water partition coefficient (Wildman–Crippen LogP) is 4.74. The Kier molecular flexibility index (Phi) is 5.46. The fourth-order valence-corrected chi connectivity index (χ4v) is 3.26. The van der Waals surface area contributed by atoms with E-state index in [1.165, 1.54) is 12.3 Å². The van der Waals surface area contributed by atoms with E-state index in [0.29, 0.717) is 17.7 Å². The smallest absolute Gasteiger partial charge is 0.348 e. The SMILES string of the molecule is Cc1ccc(CNC(=O)c2ccc(Cn3c(C(F)(F)F)nc4cccnc43)cc2)cc1. The van der Waals surface area contributed by atoms with Crippen LogP contribution in [0.15, 0.2) is 66.9 Å². The van der Waals surface area contributed by atoms with Crippen LogP contribution in [0.3, 0.4) is 0 Å². The number of nitrogens with zero attached hydrogens (tertiary/aromatic N) is 3. The first-order chi connectivity index (χ1) is 14.8. The van der Waals surface area contributed by atoms with Gasteiger partial charge in [0, 0.05) is 18.3 Å². The summed E-state index contributed by atoms with van der Waals surface area (Å²) in [6.45, 7) is 2.32. The topological polar surface area (TPSA) is 59.8 Å². The normalized spacial score (nSPS) is 11.6. The lowest BCUT2D eigenvalue weighted by atomic mass is 10.1. The largest absolute Gasteiger partial charge is 0.449 e. The van der Waals surface area contributed by atoms with Crippen molar-refractivity contribution in [3.63, 3.8) is 0 Å². The van der Waals surface area contributed by atoms with Gasteiger partial charge in [-0.25, -0.2) is 9.97 Å². The van der Waals surface area contributed by atoms with E-state index in [-0.39, 0.29) is 23.6 Å². The first kappa shape index (κ1) is 20.6. The minimum atomic E-state index is -4.60. The molecule has 158 valence electrons. The number of aromatic nitrogens is 3. The molecule has 8 heteroatoms. The van der Waals surface area contributed by atoms with E-state index in [2.05, 4.69) is 15.3 Å². The summed E-state index contributed by atoms with van der Waals surface area (Å²) >= 11 is 0. The molecule has 2 aromatic heterocycles. The Hall–Kier alpha value is -3.68. The molecule has 4 aromatic rings. The molecule has 2 aromatic carbocycles. The van der Waals surface area contributed by atoms with Crippen LogP contribution in [0.4, 0.5) is 13.2 Å². The van der Waals surface area contributed by atoms with E-state index in [1.54, 1.807) is 30.3 Å². The van der Waals surface area contributed by atoms with E-state index in [9.17, 15) is 18.0 Å². The van der Waals surface area contributed by atoms with Crippen LogP contribution in [0.25, 0.3) is 11.2 Å². The third-order valence-electron chi connectivity index (χ3n) is 4.89. The molecule has 4 rings (SSSR count). The summed E-state index contributed by atoms with van der Waals surface area (Å²) < 4.78 is 41.4. The third kappa shape index (κ3) is 4.58. The highest BCUT2D eigenvalue weighted by atomic mass is 19.4. The zero-order chi connectivity index (χ0) is 22.0. The fourth-order valence-electron chi connectivity index (χ4n) is 3.26. The summed E-state index contributed by atoms with van der Waals surface area (Å²) in [6, 6.07) is 17.3. The van der Waals surface area contributed by atoms with Crippen LogP contribution in [0.1, 0.15) is 32.9 Å². The molecule has 0 saturated heterocycles. The maximum absolute atomic E-state index is 13.4. The van der Waals surface area contributed by atoms with Crippen molar-refractivity contribution in [2.75, 3.05) is 0 Å². The minimum Gasteiger partial charge on any atom is -0.348 e. The Morgan fingerprint density at radius 1 is 1.00 bits per heavy atom. The lowest BCUT2D eigenvalue weighted by molar-refractivity contribution is -0.146. The highest BCUT2D eigenvalue weighted by Gasteiger charge is 2.37. The number of halogens is 3. The monoisotopic (exact) mass is 424 g/mol. The number of pyridine rings is 1. The molecule has 31 heavy (non-hydrogen) atoms. The molecule has 0 radical (unpaired) electrons. The molecule has 0 spiro atoms. The highest BCUT2D eigenvalue weighted by molar-refractivity contribution is 5.94. The van der Waals surface area contributed by atoms with Crippen molar-refractivity contribution in [3.05, 3.63) is 94.9 Å². The number of hydrogen-bond donors (Lipinski definition) is 1. The van der Waals surface area contributed by atoms with Gasteiger partial charge in [0.2, 0.25) is 5.82 Å². The van der Waals surface area contributed by atoms with Crippen molar-refractivity contribution in [1.82, 2.24) is 19.9 Å². The zero-order valence-electron chi connectivity index (χ0n) is 16.6. The van der Waals surface area contributed by atoms with Gasteiger partial charge in [0.05, 0.1) is 6.54 Å².